The fourth-order valence-electron chi connectivity index (χ4n) is 3.47. The van der Waals surface area contributed by atoms with Gasteiger partial charge in [0, 0.05) is 24.2 Å². The average molecular weight is 439 g/mol. The van der Waals surface area contributed by atoms with Crippen LogP contribution < -0.4 is 11.1 Å². The van der Waals surface area contributed by atoms with Crippen molar-refractivity contribution in [2.24, 2.45) is 5.73 Å². The fourth-order valence-corrected chi connectivity index (χ4v) is 3.69. The minimum atomic E-state index is -0.262. The summed E-state index contributed by atoms with van der Waals surface area (Å²) in [5, 5.41) is 3.74. The smallest absolute Gasteiger partial charge is 0.225 e. The first kappa shape index (κ1) is 21.2. The summed E-state index contributed by atoms with van der Waals surface area (Å²) in [7, 11) is 0. The van der Waals surface area contributed by atoms with Crippen LogP contribution in [0.3, 0.4) is 0 Å². The molecule has 0 fully saturated rings. The number of imidazole rings is 1. The van der Waals surface area contributed by atoms with Crippen LogP contribution in [0.1, 0.15) is 24.8 Å². The Morgan fingerprint density at radius 3 is 2.61 bits per heavy atom. The highest BCUT2D eigenvalue weighted by Gasteiger charge is 2.17. The van der Waals surface area contributed by atoms with Gasteiger partial charge < -0.3 is 15.6 Å². The number of nitrogens with one attached hydrogen (secondary N) is 1. The predicted octanol–water partition coefficient (Wildman–Crippen LogP) is 5.03. The minimum absolute atomic E-state index is 0.262. The summed E-state index contributed by atoms with van der Waals surface area (Å²) in [6, 6.07) is 14.3. The average Bonchev–Trinajstić information content (AvgIpc) is 3.14. The highest BCUT2D eigenvalue weighted by atomic mass is 35.5. The van der Waals surface area contributed by atoms with Crippen molar-refractivity contribution in [2.45, 2.75) is 32.4 Å². The van der Waals surface area contributed by atoms with Crippen molar-refractivity contribution in [1.82, 2.24) is 19.5 Å². The molecule has 2 heterocycles. The van der Waals surface area contributed by atoms with Crippen molar-refractivity contribution in [3.05, 3.63) is 71.1 Å². The van der Waals surface area contributed by atoms with E-state index in [1.807, 2.05) is 24.3 Å². The number of hydrogen-bond acceptors (Lipinski definition) is 5. The van der Waals surface area contributed by atoms with Crippen molar-refractivity contribution >= 4 is 28.7 Å². The summed E-state index contributed by atoms with van der Waals surface area (Å²) in [5.74, 6) is 0.917. The molecule has 31 heavy (non-hydrogen) atoms. The van der Waals surface area contributed by atoms with E-state index < -0.39 is 0 Å². The number of nitrogens with two attached hydrogens (primary N) is 1. The van der Waals surface area contributed by atoms with Crippen molar-refractivity contribution in [2.75, 3.05) is 11.9 Å². The zero-order valence-electron chi connectivity index (χ0n) is 17.1. The maximum Gasteiger partial charge on any atom is 0.225 e. The molecular weight excluding hydrogens is 415 g/mol. The number of aromatic nitrogens is 4. The maximum atomic E-state index is 13.9. The van der Waals surface area contributed by atoms with Crippen LogP contribution in [0.4, 0.5) is 10.3 Å². The van der Waals surface area contributed by atoms with E-state index in [1.165, 1.54) is 6.07 Å². The molecule has 0 spiro atoms. The van der Waals surface area contributed by atoms with Crippen LogP contribution in [-0.4, -0.2) is 26.1 Å². The molecule has 0 aliphatic heterocycles. The van der Waals surface area contributed by atoms with Gasteiger partial charge in [-0.05, 0) is 37.6 Å². The second kappa shape index (κ2) is 9.85. The molecular formula is C23H24ClFN6. The zero-order valence-corrected chi connectivity index (χ0v) is 17.8. The van der Waals surface area contributed by atoms with Crippen molar-refractivity contribution in [3.63, 3.8) is 0 Å². The lowest BCUT2D eigenvalue weighted by Crippen LogP contribution is -2.07. The Labute approximate surface area is 185 Å². The Kier molecular flexibility index (Phi) is 6.74. The van der Waals surface area contributed by atoms with Gasteiger partial charge in [-0.3, -0.25) is 0 Å². The van der Waals surface area contributed by atoms with Crippen LogP contribution in [0.5, 0.6) is 0 Å². The normalized spacial score (nSPS) is 11.2. The Morgan fingerprint density at radius 1 is 1.00 bits per heavy atom. The molecule has 4 rings (SSSR count). The van der Waals surface area contributed by atoms with Crippen LogP contribution in [0, 0.1) is 5.82 Å². The first-order chi connectivity index (χ1) is 15.2. The Hall–Kier alpha value is -3.03. The molecule has 0 aliphatic carbocycles. The Morgan fingerprint density at radius 2 is 1.81 bits per heavy atom. The summed E-state index contributed by atoms with van der Waals surface area (Å²) in [6.07, 6.45) is 4.62. The second-order valence-corrected chi connectivity index (χ2v) is 7.67. The van der Waals surface area contributed by atoms with Gasteiger partial charge in [0.15, 0.2) is 5.65 Å². The van der Waals surface area contributed by atoms with Crippen LogP contribution >= 0.6 is 11.6 Å². The van der Waals surface area contributed by atoms with Crippen LogP contribution in [0.15, 0.2) is 54.7 Å². The van der Waals surface area contributed by atoms with Gasteiger partial charge in [0.1, 0.15) is 17.2 Å². The molecule has 0 atom stereocenters. The van der Waals surface area contributed by atoms with Gasteiger partial charge in [0.25, 0.3) is 0 Å². The molecule has 8 heteroatoms. The molecule has 0 bridgehead atoms. The predicted molar refractivity (Wildman–Crippen MR) is 122 cm³/mol. The summed E-state index contributed by atoms with van der Waals surface area (Å²) in [6.45, 7) is 1.70. The first-order valence-corrected chi connectivity index (χ1v) is 10.7. The molecule has 0 saturated heterocycles. The van der Waals surface area contributed by atoms with Gasteiger partial charge >= 0.3 is 0 Å². The molecule has 0 aliphatic rings. The van der Waals surface area contributed by atoms with E-state index in [9.17, 15) is 4.39 Å². The highest BCUT2D eigenvalue weighted by Crippen LogP contribution is 2.30. The van der Waals surface area contributed by atoms with E-state index in [0.717, 1.165) is 37.2 Å². The lowest BCUT2D eigenvalue weighted by Gasteiger charge is -2.10. The number of anilines is 1. The lowest BCUT2D eigenvalue weighted by molar-refractivity contribution is 0.602. The van der Waals surface area contributed by atoms with E-state index in [2.05, 4.69) is 19.9 Å². The van der Waals surface area contributed by atoms with Crippen molar-refractivity contribution < 1.29 is 4.39 Å². The number of benzene rings is 2. The number of rotatable bonds is 9. The molecule has 2 aromatic carbocycles. The van der Waals surface area contributed by atoms with E-state index >= 15 is 0 Å². The number of hydrogen-bond donors (Lipinski definition) is 2. The third-order valence-electron chi connectivity index (χ3n) is 5.08. The van der Waals surface area contributed by atoms with Gasteiger partial charge in [-0.2, -0.15) is 4.98 Å². The summed E-state index contributed by atoms with van der Waals surface area (Å²) < 4.78 is 16.0. The first-order valence-electron chi connectivity index (χ1n) is 10.3. The van der Waals surface area contributed by atoms with Crippen LogP contribution in [-0.2, 0) is 13.1 Å². The van der Waals surface area contributed by atoms with Crippen LogP contribution in [0.2, 0.25) is 5.02 Å². The molecule has 0 unspecified atom stereocenters. The van der Waals surface area contributed by atoms with Gasteiger partial charge in [-0.25, -0.2) is 14.4 Å². The zero-order chi connectivity index (χ0) is 21.6. The Balaban J connectivity index is 1.67. The van der Waals surface area contributed by atoms with Crippen LogP contribution in [0.25, 0.3) is 22.6 Å². The number of aryl methyl sites for hydroxylation is 1. The molecule has 3 N–H and O–H groups in total. The van der Waals surface area contributed by atoms with Crippen molar-refractivity contribution in [1.29, 1.82) is 0 Å². The fraction of sp³-hybridized carbons (Fsp3) is 0.261. The SMILES string of the molecule is NCCCCCn1c(-c2ccccc2Cl)nc2cnc(NCc3ccccc3F)nc21. The van der Waals surface area contributed by atoms with E-state index in [4.69, 9.17) is 22.3 Å². The van der Waals surface area contributed by atoms with E-state index in [1.54, 1.807) is 24.4 Å². The van der Waals surface area contributed by atoms with Gasteiger partial charge in [-0.15, -0.1) is 0 Å². The van der Waals surface area contributed by atoms with E-state index in [0.29, 0.717) is 40.8 Å². The molecule has 2 aromatic heterocycles. The monoisotopic (exact) mass is 438 g/mol. The maximum absolute atomic E-state index is 13.9. The molecule has 160 valence electrons. The van der Waals surface area contributed by atoms with Gasteiger partial charge in [-0.1, -0.05) is 48.4 Å². The quantitative estimate of drug-likeness (QED) is 0.358. The number of nitrogens with zero attached hydrogens (tertiary/aromatic N) is 4. The molecule has 0 amide bonds. The standard InChI is InChI=1S/C23H24ClFN6/c24-18-10-4-3-9-17(18)21-29-20-15-28-23(27-14-16-8-2-5-11-19(16)25)30-22(20)31(21)13-7-1-6-12-26/h2-5,8-11,15H,1,6-7,12-14,26H2,(H,27,28,30). The Bertz CT molecular complexity index is 1180. The third kappa shape index (κ3) is 4.84. The van der Waals surface area contributed by atoms with Gasteiger partial charge in [0.05, 0.1) is 11.2 Å². The summed E-state index contributed by atoms with van der Waals surface area (Å²) in [5.41, 5.74) is 8.44. The molecule has 0 saturated carbocycles. The molecule has 0 radical (unpaired) electrons. The second-order valence-electron chi connectivity index (χ2n) is 7.26. The molecule has 4 aromatic rings. The third-order valence-corrected chi connectivity index (χ3v) is 5.41. The van der Waals surface area contributed by atoms with Gasteiger partial charge in [0.2, 0.25) is 5.95 Å². The topological polar surface area (TPSA) is 81.7 Å². The largest absolute Gasteiger partial charge is 0.350 e. The highest BCUT2D eigenvalue weighted by molar-refractivity contribution is 6.33. The number of fused-ring (bicyclic) bond motifs is 1. The summed E-state index contributed by atoms with van der Waals surface area (Å²) >= 11 is 6.45. The summed E-state index contributed by atoms with van der Waals surface area (Å²) in [4.78, 5) is 13.8. The minimum Gasteiger partial charge on any atom is -0.350 e. The molecule has 6 nitrogen and oxygen atoms in total. The number of unbranched alkanes of at least 4 members (excludes halogenated alkanes) is 2. The lowest BCUT2D eigenvalue weighted by atomic mass is 10.2. The van der Waals surface area contributed by atoms with E-state index in [-0.39, 0.29) is 5.82 Å². The van der Waals surface area contributed by atoms with Crippen molar-refractivity contribution in [3.8, 4) is 11.4 Å². The number of halogens is 2.